The Labute approximate surface area is 334 Å². The standard InChI is InChI=1S/C50H30N8/c1-30-54-31(2)56-50(55-30)42-28-48(57-44-18-8-6-16-38(44)40-22-20-34(26-46(40)57)32-12-10-14-36(24-32)51-3)49(29-43(42)53-5)58-45-19-9-7-17-39(45)41-23-21-35(27-47(41)58)33-13-11-15-37(25-33)52-4/h6-29H,1-2H3. The molecular weight excluding hydrogens is 713 g/mol. The molecule has 0 aliphatic carbocycles. The number of benzene rings is 7. The summed E-state index contributed by atoms with van der Waals surface area (Å²) >= 11 is 0. The molecule has 58 heavy (non-hydrogen) atoms. The topological polar surface area (TPSA) is 61.6 Å². The second-order valence-electron chi connectivity index (χ2n) is 14.2. The van der Waals surface area contributed by atoms with Gasteiger partial charge in [-0.2, -0.15) is 0 Å². The average Bonchev–Trinajstić information content (AvgIpc) is 3.77. The Hall–Kier alpha value is -8.38. The van der Waals surface area contributed by atoms with E-state index in [-0.39, 0.29) is 0 Å². The monoisotopic (exact) mass is 742 g/mol. The van der Waals surface area contributed by atoms with Crippen LogP contribution in [-0.2, 0) is 0 Å². The number of nitrogens with zero attached hydrogens (tertiary/aromatic N) is 8. The third-order valence-corrected chi connectivity index (χ3v) is 10.8. The lowest BCUT2D eigenvalue weighted by molar-refractivity contribution is 0.928. The van der Waals surface area contributed by atoms with Crippen LogP contribution < -0.4 is 0 Å². The normalized spacial score (nSPS) is 11.2. The van der Waals surface area contributed by atoms with Crippen molar-refractivity contribution in [3.8, 4) is 45.0 Å². The van der Waals surface area contributed by atoms with E-state index in [1.54, 1.807) is 0 Å². The summed E-state index contributed by atoms with van der Waals surface area (Å²) in [4.78, 5) is 25.5. The molecule has 0 saturated carbocycles. The Bertz CT molecular complexity index is 3450. The molecule has 10 aromatic rings. The van der Waals surface area contributed by atoms with Gasteiger partial charge < -0.3 is 9.13 Å². The smallest absolute Gasteiger partial charge is 0.200 e. The molecule has 0 amide bonds. The lowest BCUT2D eigenvalue weighted by Crippen LogP contribution is -2.06. The van der Waals surface area contributed by atoms with Gasteiger partial charge in [-0.15, -0.1) is 0 Å². The first kappa shape index (κ1) is 34.1. The maximum Gasteiger partial charge on any atom is 0.200 e. The number of aryl methyl sites for hydroxylation is 2. The van der Waals surface area contributed by atoms with E-state index in [9.17, 15) is 0 Å². The molecule has 0 atom stereocenters. The number of fused-ring (bicyclic) bond motifs is 6. The van der Waals surface area contributed by atoms with Crippen LogP contribution in [0.3, 0.4) is 0 Å². The van der Waals surface area contributed by atoms with E-state index >= 15 is 0 Å². The number of rotatable bonds is 5. The molecule has 0 N–H and O–H groups in total. The first-order valence-electron chi connectivity index (χ1n) is 18.7. The summed E-state index contributed by atoms with van der Waals surface area (Å²) in [5.41, 5.74) is 11.6. The van der Waals surface area contributed by atoms with Crippen LogP contribution in [-0.4, -0.2) is 24.1 Å². The first-order chi connectivity index (χ1) is 28.4. The fraction of sp³-hybridized carbons (Fsp3) is 0.0400. The largest absolute Gasteiger partial charge is 0.308 e. The quantitative estimate of drug-likeness (QED) is 0.165. The van der Waals surface area contributed by atoms with Crippen molar-refractivity contribution in [3.05, 3.63) is 191 Å². The van der Waals surface area contributed by atoms with Gasteiger partial charge in [-0.25, -0.2) is 29.5 Å². The Morgan fingerprint density at radius 2 is 0.879 bits per heavy atom. The second-order valence-corrected chi connectivity index (χ2v) is 14.2. The van der Waals surface area contributed by atoms with Gasteiger partial charge in [0, 0.05) is 27.1 Å². The van der Waals surface area contributed by atoms with E-state index in [2.05, 4.69) is 114 Å². The molecule has 8 nitrogen and oxygen atoms in total. The van der Waals surface area contributed by atoms with Crippen LogP contribution in [0.5, 0.6) is 0 Å². The summed E-state index contributed by atoms with van der Waals surface area (Å²) in [6, 6.07) is 49.0. The van der Waals surface area contributed by atoms with Crippen molar-refractivity contribution in [2.75, 3.05) is 0 Å². The van der Waals surface area contributed by atoms with Crippen LogP contribution in [0, 0.1) is 33.6 Å². The highest BCUT2D eigenvalue weighted by molar-refractivity contribution is 6.13. The van der Waals surface area contributed by atoms with Crippen LogP contribution in [0.15, 0.2) is 146 Å². The molecule has 270 valence electrons. The van der Waals surface area contributed by atoms with Gasteiger partial charge in [0.25, 0.3) is 0 Å². The van der Waals surface area contributed by atoms with Crippen LogP contribution in [0.1, 0.15) is 11.6 Å². The molecule has 0 unspecified atom stereocenters. The maximum atomic E-state index is 8.53. The van der Waals surface area contributed by atoms with Crippen molar-refractivity contribution in [1.82, 2.24) is 24.1 Å². The predicted molar refractivity (Wildman–Crippen MR) is 233 cm³/mol. The predicted octanol–water partition coefficient (Wildman–Crippen LogP) is 13.3. The number of hydrogen-bond acceptors (Lipinski definition) is 3. The highest BCUT2D eigenvalue weighted by atomic mass is 15.1. The zero-order valence-corrected chi connectivity index (χ0v) is 31.4. The summed E-state index contributed by atoms with van der Waals surface area (Å²) in [5, 5.41) is 4.29. The van der Waals surface area contributed by atoms with Crippen LogP contribution in [0.25, 0.3) is 103 Å². The van der Waals surface area contributed by atoms with E-state index in [4.69, 9.17) is 29.7 Å². The van der Waals surface area contributed by atoms with E-state index in [0.717, 1.165) is 77.2 Å². The Balaban J connectivity index is 1.36. The van der Waals surface area contributed by atoms with Crippen molar-refractivity contribution in [1.29, 1.82) is 0 Å². The molecule has 3 aromatic heterocycles. The summed E-state index contributed by atoms with van der Waals surface area (Å²) < 4.78 is 4.54. The molecule has 8 heteroatoms. The zero-order chi connectivity index (χ0) is 39.5. The molecule has 3 heterocycles. The molecule has 0 spiro atoms. The van der Waals surface area contributed by atoms with Crippen molar-refractivity contribution in [2.24, 2.45) is 0 Å². The highest BCUT2D eigenvalue weighted by Crippen LogP contribution is 2.44. The number of para-hydroxylation sites is 2. The second kappa shape index (κ2) is 13.4. The van der Waals surface area contributed by atoms with Gasteiger partial charge in [-0.1, -0.05) is 97.1 Å². The number of aromatic nitrogens is 5. The van der Waals surface area contributed by atoms with E-state index in [0.29, 0.717) is 40.1 Å². The van der Waals surface area contributed by atoms with Gasteiger partial charge >= 0.3 is 0 Å². The summed E-state index contributed by atoms with van der Waals surface area (Å²) in [5.74, 6) is 1.58. The maximum absolute atomic E-state index is 8.53. The van der Waals surface area contributed by atoms with Gasteiger partial charge in [0.05, 0.1) is 53.2 Å². The SMILES string of the molecule is [C-]#[N+]c1cccc(-c2ccc3c4ccccc4n(-c4cc([N+]#[C-])c(-c5nc(C)nc(C)n5)cc4-n4c5ccccc5c5ccc(-c6cccc([N+]#[C-])c6)cc54)c3c2)c1. The summed E-state index contributed by atoms with van der Waals surface area (Å²) in [6.07, 6.45) is 0. The van der Waals surface area contributed by atoms with Crippen molar-refractivity contribution >= 4 is 60.7 Å². The molecule has 0 bridgehead atoms. The highest BCUT2D eigenvalue weighted by Gasteiger charge is 2.24. The van der Waals surface area contributed by atoms with Crippen molar-refractivity contribution in [3.63, 3.8) is 0 Å². The van der Waals surface area contributed by atoms with Crippen LogP contribution >= 0.6 is 0 Å². The van der Waals surface area contributed by atoms with Gasteiger partial charge in [-0.3, -0.25) is 0 Å². The third kappa shape index (κ3) is 5.46. The molecule has 7 aromatic carbocycles. The fourth-order valence-corrected chi connectivity index (χ4v) is 8.26. The third-order valence-electron chi connectivity index (χ3n) is 10.8. The molecule has 10 rings (SSSR count). The molecule has 0 aliphatic rings. The van der Waals surface area contributed by atoms with E-state index in [1.165, 1.54) is 0 Å². The van der Waals surface area contributed by atoms with Gasteiger partial charge in [-0.05, 0) is 84.6 Å². The molecule has 0 aliphatic heterocycles. The average molecular weight is 743 g/mol. The molecular formula is C50H30N8. The Morgan fingerprint density at radius 3 is 1.38 bits per heavy atom. The van der Waals surface area contributed by atoms with Crippen LogP contribution in [0.4, 0.5) is 17.1 Å². The number of hydrogen-bond donors (Lipinski definition) is 0. The fourth-order valence-electron chi connectivity index (χ4n) is 8.26. The van der Waals surface area contributed by atoms with Crippen molar-refractivity contribution in [2.45, 2.75) is 13.8 Å². The zero-order valence-electron chi connectivity index (χ0n) is 31.4. The molecule has 0 fully saturated rings. The van der Waals surface area contributed by atoms with Crippen LogP contribution in [0.2, 0.25) is 0 Å². The van der Waals surface area contributed by atoms with E-state index < -0.39 is 0 Å². The minimum Gasteiger partial charge on any atom is -0.308 e. The Morgan fingerprint density at radius 1 is 0.414 bits per heavy atom. The minimum atomic E-state index is 0.410. The molecule has 0 saturated heterocycles. The lowest BCUT2D eigenvalue weighted by atomic mass is 10.0. The summed E-state index contributed by atoms with van der Waals surface area (Å²) in [7, 11) is 0. The van der Waals surface area contributed by atoms with Gasteiger partial charge in [0.15, 0.2) is 22.9 Å². The molecule has 0 radical (unpaired) electrons. The minimum absolute atomic E-state index is 0.410. The van der Waals surface area contributed by atoms with E-state index in [1.807, 2.05) is 74.5 Å². The van der Waals surface area contributed by atoms with Gasteiger partial charge in [0.2, 0.25) is 0 Å². The lowest BCUT2D eigenvalue weighted by Gasteiger charge is -2.20. The summed E-state index contributed by atoms with van der Waals surface area (Å²) in [6.45, 7) is 27.5. The van der Waals surface area contributed by atoms with Crippen molar-refractivity contribution < 1.29 is 0 Å². The van der Waals surface area contributed by atoms with Gasteiger partial charge in [0.1, 0.15) is 11.6 Å². The Kier molecular flexibility index (Phi) is 7.90. The first-order valence-corrected chi connectivity index (χ1v) is 18.7.